The third-order valence-electron chi connectivity index (χ3n) is 2.28. The smallest absolute Gasteiger partial charge is 0.407 e. The number of halogens is 1. The van der Waals surface area contributed by atoms with E-state index in [4.69, 9.17) is 10.5 Å². The Morgan fingerprint density at radius 1 is 1.53 bits per heavy atom. The molecular weight excluding hydrogens is 249 g/mol. The van der Waals surface area contributed by atoms with Crippen LogP contribution in [0.1, 0.15) is 26.3 Å². The number of nitrogens with one attached hydrogen (secondary N) is 1. The third-order valence-corrected chi connectivity index (χ3v) is 2.28. The molecule has 1 aromatic rings. The summed E-state index contributed by atoms with van der Waals surface area (Å²) >= 11 is 0. The first-order chi connectivity index (χ1) is 8.80. The van der Waals surface area contributed by atoms with Crippen molar-refractivity contribution in [3.05, 3.63) is 29.8 Å². The van der Waals surface area contributed by atoms with Crippen LogP contribution in [0.2, 0.25) is 0 Å². The van der Waals surface area contributed by atoms with Crippen molar-refractivity contribution >= 4 is 6.09 Å². The zero-order chi connectivity index (χ0) is 14.5. The van der Waals surface area contributed by atoms with Crippen LogP contribution >= 0.6 is 0 Å². The van der Waals surface area contributed by atoms with Crippen LogP contribution in [0, 0.1) is 5.95 Å². The Morgan fingerprint density at radius 3 is 2.68 bits per heavy atom. The zero-order valence-electron chi connectivity index (χ0n) is 11.4. The van der Waals surface area contributed by atoms with Crippen molar-refractivity contribution in [1.82, 2.24) is 10.3 Å². The van der Waals surface area contributed by atoms with E-state index in [0.717, 1.165) is 5.56 Å². The van der Waals surface area contributed by atoms with Gasteiger partial charge in [-0.15, -0.1) is 0 Å². The number of pyridine rings is 1. The Bertz CT molecular complexity index is 415. The van der Waals surface area contributed by atoms with Gasteiger partial charge in [0.15, 0.2) is 0 Å². The number of nitrogens with two attached hydrogens (primary N) is 1. The first-order valence-electron chi connectivity index (χ1n) is 6.10. The minimum Gasteiger partial charge on any atom is -0.444 e. The summed E-state index contributed by atoms with van der Waals surface area (Å²) in [5.74, 6) is -0.534. The van der Waals surface area contributed by atoms with E-state index in [9.17, 15) is 9.18 Å². The van der Waals surface area contributed by atoms with E-state index >= 15 is 0 Å². The summed E-state index contributed by atoms with van der Waals surface area (Å²) in [4.78, 5) is 15.2. The molecule has 0 fully saturated rings. The van der Waals surface area contributed by atoms with Gasteiger partial charge >= 0.3 is 6.09 Å². The molecule has 0 aliphatic heterocycles. The molecule has 1 heterocycles. The molecule has 106 valence electrons. The van der Waals surface area contributed by atoms with Crippen molar-refractivity contribution in [2.24, 2.45) is 5.73 Å². The molecule has 0 aliphatic carbocycles. The van der Waals surface area contributed by atoms with E-state index in [2.05, 4.69) is 10.3 Å². The van der Waals surface area contributed by atoms with E-state index in [1.165, 1.54) is 12.3 Å². The standard InChI is InChI=1S/C13H20FN3O2/c1-13(2,3)19-12(18)17-10(7-15)6-9-4-5-11(14)16-8-9/h4-5,8,10H,6-7,15H2,1-3H3,(H,17,18). The molecule has 19 heavy (non-hydrogen) atoms. The van der Waals surface area contributed by atoms with Gasteiger partial charge in [-0.25, -0.2) is 9.78 Å². The summed E-state index contributed by atoms with van der Waals surface area (Å²) in [6.07, 6.45) is 1.38. The summed E-state index contributed by atoms with van der Waals surface area (Å²) in [5.41, 5.74) is 5.84. The molecule has 0 radical (unpaired) electrons. The number of rotatable bonds is 4. The maximum Gasteiger partial charge on any atom is 0.407 e. The second-order valence-corrected chi connectivity index (χ2v) is 5.27. The number of amides is 1. The van der Waals surface area contributed by atoms with Gasteiger partial charge in [0.05, 0.1) is 0 Å². The number of nitrogens with zero attached hydrogens (tertiary/aromatic N) is 1. The lowest BCUT2D eigenvalue weighted by Gasteiger charge is -2.23. The van der Waals surface area contributed by atoms with E-state index in [-0.39, 0.29) is 12.6 Å². The van der Waals surface area contributed by atoms with Crippen molar-refractivity contribution in [2.45, 2.75) is 38.8 Å². The Morgan fingerprint density at radius 2 is 2.21 bits per heavy atom. The van der Waals surface area contributed by atoms with Crippen LogP contribution < -0.4 is 11.1 Å². The third kappa shape index (κ3) is 6.15. The zero-order valence-corrected chi connectivity index (χ0v) is 11.4. The highest BCUT2D eigenvalue weighted by Crippen LogP contribution is 2.08. The molecule has 0 aromatic carbocycles. The predicted octanol–water partition coefficient (Wildman–Crippen LogP) is 1.62. The molecule has 1 rings (SSSR count). The fourth-order valence-corrected chi connectivity index (χ4v) is 1.48. The molecule has 5 nitrogen and oxygen atoms in total. The number of carbonyl (C=O) groups excluding carboxylic acids is 1. The maximum atomic E-state index is 12.7. The molecule has 0 bridgehead atoms. The largest absolute Gasteiger partial charge is 0.444 e. The quantitative estimate of drug-likeness (QED) is 0.814. The Labute approximate surface area is 112 Å². The summed E-state index contributed by atoms with van der Waals surface area (Å²) < 4.78 is 17.8. The van der Waals surface area contributed by atoms with Crippen molar-refractivity contribution in [2.75, 3.05) is 6.54 Å². The molecule has 0 aliphatic rings. The van der Waals surface area contributed by atoms with Crippen molar-refractivity contribution in [3.8, 4) is 0 Å². The van der Waals surface area contributed by atoms with Gasteiger partial charge in [-0.2, -0.15) is 4.39 Å². The number of aromatic nitrogens is 1. The fourth-order valence-electron chi connectivity index (χ4n) is 1.48. The monoisotopic (exact) mass is 269 g/mol. The minimum absolute atomic E-state index is 0.261. The highest BCUT2D eigenvalue weighted by molar-refractivity contribution is 5.68. The Hall–Kier alpha value is -1.69. The van der Waals surface area contributed by atoms with Gasteiger partial charge < -0.3 is 15.8 Å². The predicted molar refractivity (Wildman–Crippen MR) is 70.1 cm³/mol. The van der Waals surface area contributed by atoms with Crippen LogP contribution in [-0.4, -0.2) is 29.3 Å². The fraction of sp³-hybridized carbons (Fsp3) is 0.538. The second kappa shape index (κ2) is 6.47. The van der Waals surface area contributed by atoms with Gasteiger partial charge in [0, 0.05) is 18.8 Å². The van der Waals surface area contributed by atoms with Crippen LogP contribution in [0.3, 0.4) is 0 Å². The maximum absolute atomic E-state index is 12.7. The Kier molecular flexibility index (Phi) is 5.23. The molecular formula is C13H20FN3O2. The lowest BCUT2D eigenvalue weighted by atomic mass is 10.1. The normalized spacial score (nSPS) is 12.9. The molecule has 0 spiro atoms. The topological polar surface area (TPSA) is 77.2 Å². The summed E-state index contributed by atoms with van der Waals surface area (Å²) in [6, 6.07) is 2.61. The summed E-state index contributed by atoms with van der Waals surface area (Å²) in [7, 11) is 0. The van der Waals surface area contributed by atoms with Gasteiger partial charge in [-0.3, -0.25) is 0 Å². The van der Waals surface area contributed by atoms with E-state index in [1.807, 2.05) is 0 Å². The van der Waals surface area contributed by atoms with Crippen LogP contribution in [0.25, 0.3) is 0 Å². The molecule has 0 saturated carbocycles. The van der Waals surface area contributed by atoms with Crippen LogP contribution in [0.5, 0.6) is 0 Å². The number of hydrogen-bond donors (Lipinski definition) is 2. The van der Waals surface area contributed by atoms with Crippen LogP contribution in [0.4, 0.5) is 9.18 Å². The van der Waals surface area contributed by atoms with Gasteiger partial charge in [0.25, 0.3) is 0 Å². The minimum atomic E-state index is -0.555. The van der Waals surface area contributed by atoms with E-state index < -0.39 is 17.6 Å². The highest BCUT2D eigenvalue weighted by atomic mass is 19.1. The molecule has 1 unspecified atom stereocenters. The van der Waals surface area contributed by atoms with Gasteiger partial charge in [0.1, 0.15) is 5.60 Å². The van der Waals surface area contributed by atoms with Gasteiger partial charge in [0.2, 0.25) is 5.95 Å². The second-order valence-electron chi connectivity index (χ2n) is 5.27. The molecule has 6 heteroatoms. The SMILES string of the molecule is CC(C)(C)OC(=O)NC(CN)Cc1ccc(F)nc1. The molecule has 1 aromatic heterocycles. The Balaban J connectivity index is 2.54. The van der Waals surface area contributed by atoms with E-state index in [0.29, 0.717) is 6.42 Å². The van der Waals surface area contributed by atoms with E-state index in [1.54, 1.807) is 26.8 Å². The van der Waals surface area contributed by atoms with Crippen LogP contribution in [0.15, 0.2) is 18.3 Å². The first kappa shape index (κ1) is 15.4. The lowest BCUT2D eigenvalue weighted by molar-refractivity contribution is 0.0506. The molecule has 1 amide bonds. The van der Waals surface area contributed by atoms with Crippen LogP contribution in [-0.2, 0) is 11.2 Å². The number of carbonyl (C=O) groups is 1. The molecule has 3 N–H and O–H groups in total. The average Bonchev–Trinajstić information content (AvgIpc) is 2.28. The first-order valence-corrected chi connectivity index (χ1v) is 6.10. The molecule has 1 atom stereocenters. The van der Waals surface area contributed by atoms with Crippen molar-refractivity contribution in [3.63, 3.8) is 0 Å². The van der Waals surface area contributed by atoms with Gasteiger partial charge in [-0.1, -0.05) is 6.07 Å². The highest BCUT2D eigenvalue weighted by Gasteiger charge is 2.19. The average molecular weight is 269 g/mol. The lowest BCUT2D eigenvalue weighted by Crippen LogP contribution is -2.44. The van der Waals surface area contributed by atoms with Gasteiger partial charge in [-0.05, 0) is 38.8 Å². The van der Waals surface area contributed by atoms with Crippen molar-refractivity contribution < 1.29 is 13.9 Å². The molecule has 0 saturated heterocycles. The number of ether oxygens (including phenoxy) is 1. The number of hydrogen-bond acceptors (Lipinski definition) is 4. The summed E-state index contributed by atoms with van der Waals surface area (Å²) in [5, 5.41) is 2.68. The summed E-state index contributed by atoms with van der Waals surface area (Å²) in [6.45, 7) is 5.62. The number of alkyl carbamates (subject to hydrolysis) is 1. The van der Waals surface area contributed by atoms with Crippen molar-refractivity contribution in [1.29, 1.82) is 0 Å².